The van der Waals surface area contributed by atoms with Crippen LogP contribution in [0.3, 0.4) is 0 Å². The zero-order valence-electron chi connectivity index (χ0n) is 9.17. The van der Waals surface area contributed by atoms with E-state index in [0.717, 1.165) is 12.0 Å². The van der Waals surface area contributed by atoms with Crippen LogP contribution in [0.25, 0.3) is 0 Å². The van der Waals surface area contributed by atoms with Crippen LogP contribution in [-0.4, -0.2) is 11.7 Å². The third-order valence-corrected chi connectivity index (χ3v) is 2.71. The maximum absolute atomic E-state index is 9.23. The van der Waals surface area contributed by atoms with Crippen LogP contribution >= 0.6 is 0 Å². The molecule has 0 aliphatic carbocycles. The second-order valence-corrected chi connectivity index (χ2v) is 4.03. The van der Waals surface area contributed by atoms with E-state index in [1.54, 1.807) is 0 Å². The Morgan fingerprint density at radius 3 is 2.57 bits per heavy atom. The maximum Gasteiger partial charge on any atom is 0.0650 e. The summed E-state index contributed by atoms with van der Waals surface area (Å²) >= 11 is 0. The molecule has 0 saturated heterocycles. The average Bonchev–Trinajstić information content (AvgIpc) is 2.17. The number of benzene rings is 1. The molecule has 0 aromatic heterocycles. The second kappa shape index (κ2) is 4.11. The van der Waals surface area contributed by atoms with E-state index in [1.165, 1.54) is 11.1 Å². The summed E-state index contributed by atoms with van der Waals surface area (Å²) in [6.45, 7) is 6.03. The van der Waals surface area contributed by atoms with E-state index in [9.17, 15) is 5.11 Å². The lowest BCUT2D eigenvalue weighted by Gasteiger charge is -2.26. The molecule has 0 fully saturated rings. The first kappa shape index (κ1) is 11.2. The topological polar surface area (TPSA) is 46.2 Å². The van der Waals surface area contributed by atoms with Crippen LogP contribution in [0.5, 0.6) is 0 Å². The summed E-state index contributed by atoms with van der Waals surface area (Å²) in [4.78, 5) is 0. The molecule has 78 valence electrons. The number of hydrogen-bond donors (Lipinski definition) is 2. The van der Waals surface area contributed by atoms with Gasteiger partial charge in [0.05, 0.1) is 12.1 Å². The summed E-state index contributed by atoms with van der Waals surface area (Å²) in [5.41, 5.74) is 8.96. The fraction of sp³-hybridized carbons (Fsp3) is 0.500. The molecule has 2 heteroatoms. The van der Waals surface area contributed by atoms with Gasteiger partial charge in [-0.1, -0.05) is 25.1 Å². The van der Waals surface area contributed by atoms with Crippen molar-refractivity contribution in [1.82, 2.24) is 0 Å². The fourth-order valence-electron chi connectivity index (χ4n) is 1.79. The van der Waals surface area contributed by atoms with Crippen LogP contribution in [0.1, 0.15) is 30.5 Å². The summed E-state index contributed by atoms with van der Waals surface area (Å²) in [5.74, 6) is 0. The Morgan fingerprint density at radius 1 is 1.43 bits per heavy atom. The standard InChI is InChI=1S/C12H19NO/c1-4-10-9(2)6-5-7-11(10)12(3,13)8-14/h5-7,14H,4,8,13H2,1-3H3/t12-/m0/s1. The second-order valence-electron chi connectivity index (χ2n) is 4.03. The van der Waals surface area contributed by atoms with Crippen molar-refractivity contribution in [3.63, 3.8) is 0 Å². The Bertz CT molecular complexity index is 318. The van der Waals surface area contributed by atoms with Crippen LogP contribution in [-0.2, 0) is 12.0 Å². The first-order valence-electron chi connectivity index (χ1n) is 5.01. The largest absolute Gasteiger partial charge is 0.394 e. The van der Waals surface area contributed by atoms with Crippen molar-refractivity contribution >= 4 is 0 Å². The van der Waals surface area contributed by atoms with E-state index >= 15 is 0 Å². The fourth-order valence-corrected chi connectivity index (χ4v) is 1.79. The Balaban J connectivity index is 3.27. The first-order valence-corrected chi connectivity index (χ1v) is 5.01. The molecule has 1 aromatic rings. The summed E-state index contributed by atoms with van der Waals surface area (Å²) in [7, 11) is 0. The normalized spacial score (nSPS) is 15.2. The summed E-state index contributed by atoms with van der Waals surface area (Å²) in [5, 5.41) is 9.23. The molecule has 0 unspecified atom stereocenters. The van der Waals surface area contributed by atoms with Gasteiger partial charge in [0.2, 0.25) is 0 Å². The molecule has 2 nitrogen and oxygen atoms in total. The zero-order valence-corrected chi connectivity index (χ0v) is 9.17. The molecule has 0 aliphatic rings. The van der Waals surface area contributed by atoms with Crippen molar-refractivity contribution < 1.29 is 5.11 Å². The van der Waals surface area contributed by atoms with Gasteiger partial charge in [-0.25, -0.2) is 0 Å². The Labute approximate surface area is 85.8 Å². The van der Waals surface area contributed by atoms with Gasteiger partial charge in [0, 0.05) is 0 Å². The maximum atomic E-state index is 9.23. The average molecular weight is 193 g/mol. The van der Waals surface area contributed by atoms with Crippen LogP contribution in [0.15, 0.2) is 18.2 Å². The molecular formula is C12H19NO. The smallest absolute Gasteiger partial charge is 0.0650 e. The van der Waals surface area contributed by atoms with E-state index < -0.39 is 5.54 Å². The highest BCUT2D eigenvalue weighted by Gasteiger charge is 2.22. The Morgan fingerprint density at radius 2 is 2.07 bits per heavy atom. The predicted molar refractivity (Wildman–Crippen MR) is 59.2 cm³/mol. The minimum atomic E-state index is -0.628. The van der Waals surface area contributed by atoms with Crippen molar-refractivity contribution in [2.24, 2.45) is 5.73 Å². The SMILES string of the molecule is CCc1c(C)cccc1[C@@](C)(N)CO. The molecule has 0 saturated carbocycles. The van der Waals surface area contributed by atoms with Crippen molar-refractivity contribution in [2.75, 3.05) is 6.61 Å². The van der Waals surface area contributed by atoms with E-state index in [0.29, 0.717) is 0 Å². The van der Waals surface area contributed by atoms with Crippen molar-refractivity contribution in [2.45, 2.75) is 32.7 Å². The highest BCUT2D eigenvalue weighted by molar-refractivity contribution is 5.38. The number of aliphatic hydroxyl groups excluding tert-OH is 1. The molecule has 1 atom stereocenters. The summed E-state index contributed by atoms with van der Waals surface area (Å²) < 4.78 is 0. The molecule has 0 amide bonds. The van der Waals surface area contributed by atoms with Gasteiger partial charge in [-0.2, -0.15) is 0 Å². The third-order valence-electron chi connectivity index (χ3n) is 2.71. The number of aryl methyl sites for hydroxylation is 1. The summed E-state index contributed by atoms with van der Waals surface area (Å²) in [6.07, 6.45) is 0.953. The third kappa shape index (κ3) is 1.97. The molecule has 3 N–H and O–H groups in total. The summed E-state index contributed by atoms with van der Waals surface area (Å²) in [6, 6.07) is 6.07. The monoisotopic (exact) mass is 193 g/mol. The van der Waals surface area contributed by atoms with Crippen LogP contribution in [0.4, 0.5) is 0 Å². The molecule has 1 rings (SSSR count). The van der Waals surface area contributed by atoms with Gasteiger partial charge < -0.3 is 10.8 Å². The van der Waals surface area contributed by atoms with Crippen molar-refractivity contribution in [3.05, 3.63) is 34.9 Å². The van der Waals surface area contributed by atoms with E-state index in [4.69, 9.17) is 5.73 Å². The molecule has 14 heavy (non-hydrogen) atoms. The van der Waals surface area contributed by atoms with E-state index in [2.05, 4.69) is 19.9 Å². The van der Waals surface area contributed by atoms with Gasteiger partial charge in [-0.3, -0.25) is 0 Å². The molecule has 0 aliphatic heterocycles. The van der Waals surface area contributed by atoms with Gasteiger partial charge in [-0.05, 0) is 37.0 Å². The number of rotatable bonds is 3. The molecule has 0 bridgehead atoms. The minimum Gasteiger partial charge on any atom is -0.394 e. The lowest BCUT2D eigenvalue weighted by molar-refractivity contribution is 0.209. The lowest BCUT2D eigenvalue weighted by atomic mass is 9.87. The first-order chi connectivity index (χ1) is 6.53. The van der Waals surface area contributed by atoms with Gasteiger partial charge >= 0.3 is 0 Å². The van der Waals surface area contributed by atoms with Crippen molar-refractivity contribution in [1.29, 1.82) is 0 Å². The minimum absolute atomic E-state index is 0.0244. The van der Waals surface area contributed by atoms with Crippen LogP contribution in [0.2, 0.25) is 0 Å². The number of hydrogen-bond acceptors (Lipinski definition) is 2. The molecule has 1 aromatic carbocycles. The van der Waals surface area contributed by atoms with Gasteiger partial charge in [-0.15, -0.1) is 0 Å². The number of nitrogens with two attached hydrogens (primary N) is 1. The van der Waals surface area contributed by atoms with Gasteiger partial charge in [0.15, 0.2) is 0 Å². The van der Waals surface area contributed by atoms with E-state index in [-0.39, 0.29) is 6.61 Å². The van der Waals surface area contributed by atoms with Crippen LogP contribution in [0, 0.1) is 6.92 Å². The molecule has 0 heterocycles. The quantitative estimate of drug-likeness (QED) is 0.768. The highest BCUT2D eigenvalue weighted by Crippen LogP contribution is 2.24. The van der Waals surface area contributed by atoms with Crippen molar-refractivity contribution in [3.8, 4) is 0 Å². The Hall–Kier alpha value is -0.860. The van der Waals surface area contributed by atoms with Gasteiger partial charge in [0.25, 0.3) is 0 Å². The predicted octanol–water partition coefficient (Wildman–Crippen LogP) is 1.72. The molecular weight excluding hydrogens is 174 g/mol. The zero-order chi connectivity index (χ0) is 10.8. The van der Waals surface area contributed by atoms with E-state index in [1.807, 2.05) is 19.1 Å². The number of aliphatic hydroxyl groups is 1. The lowest BCUT2D eigenvalue weighted by Crippen LogP contribution is -2.38. The molecule has 0 spiro atoms. The Kier molecular flexibility index (Phi) is 3.29. The van der Waals surface area contributed by atoms with Crippen LogP contribution < -0.4 is 5.73 Å². The molecule has 0 radical (unpaired) electrons. The highest BCUT2D eigenvalue weighted by atomic mass is 16.3. The van der Waals surface area contributed by atoms with Gasteiger partial charge in [0.1, 0.15) is 0 Å².